The van der Waals surface area contributed by atoms with Gasteiger partial charge in [0.05, 0.1) is 0 Å². The molecule has 0 aliphatic heterocycles. The fraction of sp³-hybridized carbons (Fsp3) is 0.333. The fourth-order valence-electron chi connectivity index (χ4n) is 1.14. The third-order valence-electron chi connectivity index (χ3n) is 1.77. The van der Waals surface area contributed by atoms with Crippen molar-refractivity contribution in [1.82, 2.24) is 0 Å². The van der Waals surface area contributed by atoms with Gasteiger partial charge in [-0.25, -0.2) is 0 Å². The molecule has 78 valence electrons. The molecule has 0 amide bonds. The standard InChI is InChI=1S/C9H12F2N2O/c1-5(12)7-3-2-6(4-8(7)13)14-9(10)11/h2-5,9H,12-13H2,1H3. The van der Waals surface area contributed by atoms with Crippen LogP contribution in [0.25, 0.3) is 0 Å². The van der Waals surface area contributed by atoms with Crippen LogP contribution in [0.3, 0.4) is 0 Å². The molecule has 0 aromatic heterocycles. The first-order valence-electron chi connectivity index (χ1n) is 4.10. The van der Waals surface area contributed by atoms with Crippen molar-refractivity contribution in [3.05, 3.63) is 23.8 Å². The number of nitrogens with two attached hydrogens (primary N) is 2. The normalized spacial score (nSPS) is 12.9. The number of hydrogen-bond donors (Lipinski definition) is 2. The number of benzene rings is 1. The second kappa shape index (κ2) is 4.23. The summed E-state index contributed by atoms with van der Waals surface area (Å²) in [5, 5.41) is 0. The van der Waals surface area contributed by atoms with Gasteiger partial charge >= 0.3 is 6.61 Å². The molecule has 3 nitrogen and oxygen atoms in total. The highest BCUT2D eigenvalue weighted by atomic mass is 19.3. The molecule has 1 unspecified atom stereocenters. The van der Waals surface area contributed by atoms with Crippen molar-refractivity contribution in [2.24, 2.45) is 5.73 Å². The molecule has 0 aliphatic carbocycles. The monoisotopic (exact) mass is 202 g/mol. The van der Waals surface area contributed by atoms with Gasteiger partial charge < -0.3 is 16.2 Å². The molecule has 1 rings (SSSR count). The molecule has 1 aromatic carbocycles. The summed E-state index contributed by atoms with van der Waals surface area (Å²) in [5.41, 5.74) is 12.3. The van der Waals surface area contributed by atoms with Crippen LogP contribution in [-0.2, 0) is 0 Å². The Kier molecular flexibility index (Phi) is 3.24. The first-order chi connectivity index (χ1) is 6.50. The van der Waals surface area contributed by atoms with E-state index in [1.54, 1.807) is 13.0 Å². The summed E-state index contributed by atoms with van der Waals surface area (Å²) in [6.45, 7) is -1.07. The highest BCUT2D eigenvalue weighted by Gasteiger charge is 2.08. The van der Waals surface area contributed by atoms with Crippen LogP contribution in [0.15, 0.2) is 18.2 Å². The molecule has 14 heavy (non-hydrogen) atoms. The lowest BCUT2D eigenvalue weighted by atomic mass is 10.1. The van der Waals surface area contributed by atoms with Gasteiger partial charge in [0.25, 0.3) is 0 Å². The number of hydrogen-bond acceptors (Lipinski definition) is 3. The van der Waals surface area contributed by atoms with Gasteiger partial charge in [-0.3, -0.25) is 0 Å². The second-order valence-corrected chi connectivity index (χ2v) is 2.96. The quantitative estimate of drug-likeness (QED) is 0.736. The zero-order valence-electron chi connectivity index (χ0n) is 7.71. The van der Waals surface area contributed by atoms with Crippen LogP contribution in [-0.4, -0.2) is 6.61 Å². The summed E-state index contributed by atoms with van der Waals surface area (Å²) >= 11 is 0. The first kappa shape index (κ1) is 10.7. The number of ether oxygens (including phenoxy) is 1. The molecular formula is C9H12F2N2O. The molecule has 0 saturated heterocycles. The van der Waals surface area contributed by atoms with Gasteiger partial charge in [0.15, 0.2) is 0 Å². The predicted molar refractivity (Wildman–Crippen MR) is 50.1 cm³/mol. The molecule has 0 radical (unpaired) electrons. The third-order valence-corrected chi connectivity index (χ3v) is 1.77. The SMILES string of the molecule is CC(N)c1ccc(OC(F)F)cc1N. The van der Waals surface area contributed by atoms with E-state index in [4.69, 9.17) is 11.5 Å². The Labute approximate surface area is 80.7 Å². The van der Waals surface area contributed by atoms with Crippen LogP contribution < -0.4 is 16.2 Å². The van der Waals surface area contributed by atoms with E-state index in [2.05, 4.69) is 4.74 Å². The van der Waals surface area contributed by atoms with Crippen LogP contribution in [0.5, 0.6) is 5.75 Å². The Balaban J connectivity index is 2.89. The summed E-state index contributed by atoms with van der Waals surface area (Å²) in [7, 11) is 0. The van der Waals surface area contributed by atoms with E-state index in [0.29, 0.717) is 11.3 Å². The highest BCUT2D eigenvalue weighted by molar-refractivity contribution is 5.52. The van der Waals surface area contributed by atoms with Gasteiger partial charge in [-0.15, -0.1) is 0 Å². The van der Waals surface area contributed by atoms with Crippen molar-refractivity contribution >= 4 is 5.69 Å². The minimum Gasteiger partial charge on any atom is -0.435 e. The van der Waals surface area contributed by atoms with Gasteiger partial charge in [-0.2, -0.15) is 8.78 Å². The largest absolute Gasteiger partial charge is 0.435 e. The molecular weight excluding hydrogens is 190 g/mol. The zero-order valence-corrected chi connectivity index (χ0v) is 7.71. The molecule has 0 fully saturated rings. The summed E-state index contributed by atoms with van der Waals surface area (Å²) in [4.78, 5) is 0. The maximum atomic E-state index is 11.8. The maximum absolute atomic E-state index is 11.8. The Morgan fingerprint density at radius 2 is 2.00 bits per heavy atom. The maximum Gasteiger partial charge on any atom is 0.387 e. The van der Waals surface area contributed by atoms with Crippen molar-refractivity contribution in [3.8, 4) is 5.75 Å². The Morgan fingerprint density at radius 1 is 1.36 bits per heavy atom. The molecule has 4 N–H and O–H groups in total. The lowest BCUT2D eigenvalue weighted by molar-refractivity contribution is -0.0498. The lowest BCUT2D eigenvalue weighted by Crippen LogP contribution is -2.09. The van der Waals surface area contributed by atoms with E-state index in [0.717, 1.165) is 0 Å². The van der Waals surface area contributed by atoms with Gasteiger partial charge in [0, 0.05) is 17.8 Å². The minimum atomic E-state index is -2.84. The summed E-state index contributed by atoms with van der Waals surface area (Å²) in [6, 6.07) is 4.11. The van der Waals surface area contributed by atoms with Crippen LogP contribution in [0.4, 0.5) is 14.5 Å². The van der Waals surface area contributed by atoms with Crippen molar-refractivity contribution in [2.75, 3.05) is 5.73 Å². The summed E-state index contributed by atoms with van der Waals surface area (Å²) in [6.07, 6.45) is 0. The van der Waals surface area contributed by atoms with Gasteiger partial charge in [-0.1, -0.05) is 6.07 Å². The Morgan fingerprint density at radius 3 is 2.43 bits per heavy atom. The van der Waals surface area contributed by atoms with Gasteiger partial charge in [0.2, 0.25) is 0 Å². The average molecular weight is 202 g/mol. The molecule has 5 heteroatoms. The molecule has 0 saturated carbocycles. The number of alkyl halides is 2. The number of nitrogen functional groups attached to an aromatic ring is 1. The number of halogens is 2. The smallest absolute Gasteiger partial charge is 0.387 e. The first-order valence-corrected chi connectivity index (χ1v) is 4.10. The molecule has 1 aromatic rings. The van der Waals surface area contributed by atoms with E-state index >= 15 is 0 Å². The van der Waals surface area contributed by atoms with Crippen LogP contribution in [0.1, 0.15) is 18.5 Å². The third kappa shape index (κ3) is 2.56. The topological polar surface area (TPSA) is 61.3 Å². The van der Waals surface area contributed by atoms with E-state index in [-0.39, 0.29) is 11.8 Å². The van der Waals surface area contributed by atoms with Crippen molar-refractivity contribution < 1.29 is 13.5 Å². The van der Waals surface area contributed by atoms with Crippen LogP contribution >= 0.6 is 0 Å². The lowest BCUT2D eigenvalue weighted by Gasteiger charge is -2.11. The Bertz CT molecular complexity index is 316. The van der Waals surface area contributed by atoms with E-state index in [1.807, 2.05) is 0 Å². The summed E-state index contributed by atoms with van der Waals surface area (Å²) in [5.74, 6) is 0.0434. The molecule has 0 spiro atoms. The fourth-order valence-corrected chi connectivity index (χ4v) is 1.14. The number of rotatable bonds is 3. The minimum absolute atomic E-state index is 0.0434. The van der Waals surface area contributed by atoms with Gasteiger partial charge in [0.1, 0.15) is 5.75 Å². The molecule has 0 bridgehead atoms. The van der Waals surface area contributed by atoms with E-state index in [1.165, 1.54) is 12.1 Å². The average Bonchev–Trinajstić information content (AvgIpc) is 2.01. The molecule has 0 heterocycles. The van der Waals surface area contributed by atoms with Crippen LogP contribution in [0.2, 0.25) is 0 Å². The number of anilines is 1. The van der Waals surface area contributed by atoms with E-state index in [9.17, 15) is 8.78 Å². The Hall–Kier alpha value is -1.36. The van der Waals surface area contributed by atoms with Crippen molar-refractivity contribution in [1.29, 1.82) is 0 Å². The van der Waals surface area contributed by atoms with Crippen molar-refractivity contribution in [3.63, 3.8) is 0 Å². The predicted octanol–water partition coefficient (Wildman–Crippen LogP) is 1.89. The van der Waals surface area contributed by atoms with Crippen LogP contribution in [0, 0.1) is 0 Å². The second-order valence-electron chi connectivity index (χ2n) is 2.96. The molecule has 1 atom stereocenters. The summed E-state index contributed by atoms with van der Waals surface area (Å²) < 4.78 is 27.8. The van der Waals surface area contributed by atoms with Crippen molar-refractivity contribution in [2.45, 2.75) is 19.6 Å². The van der Waals surface area contributed by atoms with Gasteiger partial charge in [-0.05, 0) is 18.6 Å². The van der Waals surface area contributed by atoms with E-state index < -0.39 is 6.61 Å². The highest BCUT2D eigenvalue weighted by Crippen LogP contribution is 2.24. The zero-order chi connectivity index (χ0) is 10.7. The molecule has 0 aliphatic rings.